The van der Waals surface area contributed by atoms with E-state index in [1.165, 1.54) is 12.4 Å². The van der Waals surface area contributed by atoms with E-state index in [9.17, 15) is 4.79 Å². The maximum absolute atomic E-state index is 12.3. The van der Waals surface area contributed by atoms with Gasteiger partial charge in [0.25, 0.3) is 5.91 Å². The van der Waals surface area contributed by atoms with E-state index in [4.69, 9.17) is 0 Å². The Morgan fingerprint density at radius 2 is 1.65 bits per heavy atom. The van der Waals surface area contributed by atoms with E-state index in [0.717, 1.165) is 22.6 Å². The zero-order valence-electron chi connectivity index (χ0n) is 15.0. The smallest absolute Gasteiger partial charge is 0.258 e. The highest BCUT2D eigenvalue weighted by molar-refractivity contribution is 6.04. The molecule has 1 heterocycles. The first kappa shape index (κ1) is 17.4. The predicted molar refractivity (Wildman–Crippen MR) is 105 cm³/mol. The third-order valence-corrected chi connectivity index (χ3v) is 3.83. The van der Waals surface area contributed by atoms with Crippen molar-refractivity contribution in [3.63, 3.8) is 0 Å². The molecule has 6 nitrogen and oxygen atoms in total. The van der Waals surface area contributed by atoms with E-state index >= 15 is 0 Å². The van der Waals surface area contributed by atoms with Crippen molar-refractivity contribution in [1.29, 1.82) is 0 Å². The van der Waals surface area contributed by atoms with Crippen molar-refractivity contribution in [1.82, 2.24) is 9.97 Å². The number of amides is 1. The molecule has 2 aromatic carbocycles. The highest BCUT2D eigenvalue weighted by Crippen LogP contribution is 2.17. The molecular weight excluding hydrogens is 326 g/mol. The summed E-state index contributed by atoms with van der Waals surface area (Å²) in [6, 6.07) is 15.5. The summed E-state index contributed by atoms with van der Waals surface area (Å²) >= 11 is 0. The summed E-state index contributed by atoms with van der Waals surface area (Å²) in [6.07, 6.45) is 3.02. The van der Waals surface area contributed by atoms with Gasteiger partial charge in [0.15, 0.2) is 0 Å². The minimum Gasteiger partial charge on any atom is -0.378 e. The number of nitrogens with zero attached hydrogens (tertiary/aromatic N) is 3. The Morgan fingerprint density at radius 3 is 2.27 bits per heavy atom. The second-order valence-corrected chi connectivity index (χ2v) is 6.19. The average molecular weight is 347 g/mol. The molecule has 0 bridgehead atoms. The molecule has 0 atom stereocenters. The van der Waals surface area contributed by atoms with Gasteiger partial charge in [-0.1, -0.05) is 12.1 Å². The summed E-state index contributed by atoms with van der Waals surface area (Å²) in [7, 11) is 3.94. The van der Waals surface area contributed by atoms with Crippen LogP contribution in [0.25, 0.3) is 0 Å². The van der Waals surface area contributed by atoms with E-state index in [-0.39, 0.29) is 5.91 Å². The van der Waals surface area contributed by atoms with Crippen LogP contribution in [-0.4, -0.2) is 30.0 Å². The molecule has 2 N–H and O–H groups in total. The zero-order chi connectivity index (χ0) is 18.5. The molecule has 0 saturated carbocycles. The number of aromatic nitrogens is 2. The quantitative estimate of drug-likeness (QED) is 0.734. The number of aryl methyl sites for hydroxylation is 1. The largest absolute Gasteiger partial charge is 0.378 e. The molecule has 0 saturated heterocycles. The summed E-state index contributed by atoms with van der Waals surface area (Å²) in [4.78, 5) is 22.8. The standard InChI is InChI=1S/C20H21N5O/c1-14-5-4-6-17(11-14)24-20-21-12-15(13-22-20)19(26)23-16-7-9-18(10-8-16)25(2)3/h4-13H,1-3H3,(H,23,26)(H,21,22,24). The van der Waals surface area contributed by atoms with Gasteiger partial charge in [0.1, 0.15) is 0 Å². The minimum atomic E-state index is -0.246. The van der Waals surface area contributed by atoms with Crippen molar-refractivity contribution in [3.05, 3.63) is 72.1 Å². The molecule has 0 spiro atoms. The molecule has 0 unspecified atom stereocenters. The first-order valence-electron chi connectivity index (χ1n) is 8.26. The van der Waals surface area contributed by atoms with Gasteiger partial charge in [-0.05, 0) is 48.9 Å². The Kier molecular flexibility index (Phi) is 5.12. The maximum atomic E-state index is 12.3. The molecule has 6 heteroatoms. The Bertz CT molecular complexity index is 889. The molecule has 1 amide bonds. The number of hydrogen-bond donors (Lipinski definition) is 2. The van der Waals surface area contributed by atoms with Gasteiger partial charge in [0, 0.05) is 43.6 Å². The van der Waals surface area contributed by atoms with Crippen LogP contribution in [-0.2, 0) is 0 Å². The molecule has 3 rings (SSSR count). The monoisotopic (exact) mass is 347 g/mol. The van der Waals surface area contributed by atoms with Crippen LogP contribution in [0.4, 0.5) is 23.0 Å². The maximum Gasteiger partial charge on any atom is 0.258 e. The lowest BCUT2D eigenvalue weighted by Gasteiger charge is -2.13. The Hall–Kier alpha value is -3.41. The van der Waals surface area contributed by atoms with E-state index in [1.807, 2.05) is 74.4 Å². The van der Waals surface area contributed by atoms with Crippen molar-refractivity contribution in [2.75, 3.05) is 29.6 Å². The van der Waals surface area contributed by atoms with Crippen molar-refractivity contribution < 1.29 is 4.79 Å². The lowest BCUT2D eigenvalue weighted by Crippen LogP contribution is -2.13. The lowest BCUT2D eigenvalue weighted by molar-refractivity contribution is 0.102. The average Bonchev–Trinajstić information content (AvgIpc) is 2.63. The van der Waals surface area contributed by atoms with E-state index < -0.39 is 0 Å². The van der Waals surface area contributed by atoms with Crippen molar-refractivity contribution in [2.24, 2.45) is 0 Å². The number of carbonyl (C=O) groups excluding carboxylic acids is 1. The van der Waals surface area contributed by atoms with Crippen LogP contribution in [0.1, 0.15) is 15.9 Å². The van der Waals surface area contributed by atoms with Gasteiger partial charge in [0.05, 0.1) is 5.56 Å². The molecule has 0 aliphatic carbocycles. The second-order valence-electron chi connectivity index (χ2n) is 6.19. The summed E-state index contributed by atoms with van der Waals surface area (Å²) < 4.78 is 0. The summed E-state index contributed by atoms with van der Waals surface area (Å²) in [5.74, 6) is 0.201. The second kappa shape index (κ2) is 7.65. The molecule has 0 aliphatic heterocycles. The molecule has 0 fully saturated rings. The van der Waals surface area contributed by atoms with Gasteiger partial charge >= 0.3 is 0 Å². The van der Waals surface area contributed by atoms with Crippen molar-refractivity contribution in [3.8, 4) is 0 Å². The van der Waals surface area contributed by atoms with Crippen LogP contribution in [0.3, 0.4) is 0 Å². The molecule has 26 heavy (non-hydrogen) atoms. The van der Waals surface area contributed by atoms with Gasteiger partial charge in [-0.15, -0.1) is 0 Å². The third-order valence-electron chi connectivity index (χ3n) is 3.83. The first-order valence-corrected chi connectivity index (χ1v) is 8.26. The summed E-state index contributed by atoms with van der Waals surface area (Å²) in [5, 5.41) is 5.96. The van der Waals surface area contributed by atoms with Crippen LogP contribution in [0.5, 0.6) is 0 Å². The molecule has 0 aliphatic rings. The van der Waals surface area contributed by atoms with E-state index in [2.05, 4.69) is 20.6 Å². The number of benzene rings is 2. The summed E-state index contributed by atoms with van der Waals surface area (Å²) in [5.41, 5.74) is 4.24. The number of carbonyl (C=O) groups is 1. The molecule has 1 aromatic heterocycles. The first-order chi connectivity index (χ1) is 12.5. The van der Waals surface area contributed by atoms with Gasteiger partial charge in [-0.25, -0.2) is 9.97 Å². The fourth-order valence-corrected chi connectivity index (χ4v) is 2.41. The topological polar surface area (TPSA) is 70.2 Å². The van der Waals surface area contributed by atoms with Crippen LogP contribution in [0.2, 0.25) is 0 Å². The fraction of sp³-hybridized carbons (Fsp3) is 0.150. The Labute approximate surface area is 152 Å². The zero-order valence-corrected chi connectivity index (χ0v) is 15.0. The fourth-order valence-electron chi connectivity index (χ4n) is 2.41. The van der Waals surface area contributed by atoms with Crippen molar-refractivity contribution in [2.45, 2.75) is 6.92 Å². The van der Waals surface area contributed by atoms with Gasteiger partial charge in [-0.3, -0.25) is 4.79 Å². The SMILES string of the molecule is Cc1cccc(Nc2ncc(C(=O)Nc3ccc(N(C)C)cc3)cn2)c1. The third kappa shape index (κ3) is 4.36. The highest BCUT2D eigenvalue weighted by atomic mass is 16.1. The number of hydrogen-bond acceptors (Lipinski definition) is 5. The van der Waals surface area contributed by atoms with Crippen LogP contribution >= 0.6 is 0 Å². The minimum absolute atomic E-state index is 0.246. The van der Waals surface area contributed by atoms with Crippen LogP contribution < -0.4 is 15.5 Å². The van der Waals surface area contributed by atoms with Gasteiger partial charge in [0.2, 0.25) is 5.95 Å². The molecule has 0 radical (unpaired) electrons. The van der Waals surface area contributed by atoms with Crippen LogP contribution in [0, 0.1) is 6.92 Å². The molecule has 132 valence electrons. The van der Waals surface area contributed by atoms with Gasteiger partial charge in [-0.2, -0.15) is 0 Å². The van der Waals surface area contributed by atoms with Crippen molar-refractivity contribution >= 4 is 28.9 Å². The number of rotatable bonds is 5. The van der Waals surface area contributed by atoms with E-state index in [0.29, 0.717) is 11.5 Å². The van der Waals surface area contributed by atoms with Crippen LogP contribution in [0.15, 0.2) is 60.9 Å². The molecule has 3 aromatic rings. The number of anilines is 4. The Balaban J connectivity index is 1.65. The highest BCUT2D eigenvalue weighted by Gasteiger charge is 2.08. The van der Waals surface area contributed by atoms with Gasteiger partial charge < -0.3 is 15.5 Å². The predicted octanol–water partition coefficient (Wildman–Crippen LogP) is 3.85. The Morgan fingerprint density at radius 1 is 0.962 bits per heavy atom. The molecular formula is C20H21N5O. The normalized spacial score (nSPS) is 10.3. The lowest BCUT2D eigenvalue weighted by atomic mass is 10.2. The summed E-state index contributed by atoms with van der Waals surface area (Å²) in [6.45, 7) is 2.02. The van der Waals surface area contributed by atoms with E-state index in [1.54, 1.807) is 0 Å². The number of nitrogens with one attached hydrogen (secondary N) is 2.